The molecule has 6 unspecified atom stereocenters. The van der Waals surface area contributed by atoms with Crippen molar-refractivity contribution >= 4 is 79.3 Å². The summed E-state index contributed by atoms with van der Waals surface area (Å²) < 4.78 is 71.3. The molecule has 2 aromatic heterocycles. The van der Waals surface area contributed by atoms with Gasteiger partial charge in [0.05, 0.1) is 22.0 Å². The molecule has 340 valence electrons. The normalized spacial score (nSPS) is 23.3. The fourth-order valence-corrected chi connectivity index (χ4v) is 6.97. The van der Waals surface area contributed by atoms with Crippen LogP contribution in [-0.4, -0.2) is 113 Å². The zero-order valence-corrected chi connectivity index (χ0v) is 36.3. The number of nitrogens with zero attached hydrogens (tertiary/aromatic N) is 4. The number of anilines is 2. The van der Waals surface area contributed by atoms with Gasteiger partial charge in [-0.3, -0.25) is 28.3 Å². The SMILES string of the molecule is C.CC(=O)O[C@@H]1C(Br)C(COC(=O)C(C)(C)OC(C)=O)OC1n1cc(F)c(N)nc1=O.CC(=O)O[C@@H]1C(COC(=O)C(C)(C)OC(C)=O)OC(n2cc(F)c(N)nc2=O)C1Br. The number of alkyl halides is 2. The molecule has 0 spiro atoms. The number of aromatic nitrogens is 4. The lowest BCUT2D eigenvalue weighted by Gasteiger charge is -2.24. The Morgan fingerprint density at radius 2 is 1.05 bits per heavy atom. The number of nitrogens with two attached hydrogens (primary N) is 2. The summed E-state index contributed by atoms with van der Waals surface area (Å²) in [7, 11) is 0. The fourth-order valence-electron chi connectivity index (χ4n) is 5.50. The molecule has 0 aromatic carbocycles. The zero-order chi connectivity index (χ0) is 45.6. The van der Waals surface area contributed by atoms with E-state index in [0.29, 0.717) is 0 Å². The van der Waals surface area contributed by atoms with Crippen molar-refractivity contribution in [2.24, 2.45) is 0 Å². The second-order valence-electron chi connectivity index (χ2n) is 13.9. The van der Waals surface area contributed by atoms with E-state index in [9.17, 15) is 47.1 Å². The molecule has 26 heteroatoms. The smallest absolute Gasteiger partial charge is 0.351 e. The standard InChI is InChI=1S/2C17H21BrFN3O8.CH4/c1-7(23)28-12-10(6-27-15(25)17(3,4)30-8(2)24)29-14(11(12)18)22-5-9(19)13(20)21-16(22)26;1-7(23)28-12-11(18)10(6-27-15(25)17(3,4)30-8(2)24)29-14(12)22-5-9(19)13(20)21-16(22)26;/h2*5,10-12,14H,6H2,1-4H3,(H2,20,21,26);1H4/t2*10?,11?,12-,14?;/m11./s1. The van der Waals surface area contributed by atoms with Gasteiger partial charge in [0.1, 0.15) is 31.5 Å². The average Bonchev–Trinajstić information content (AvgIpc) is 3.58. The molecular formula is C35H46Br2F2N6O16. The van der Waals surface area contributed by atoms with E-state index in [2.05, 4.69) is 41.8 Å². The van der Waals surface area contributed by atoms with Gasteiger partial charge < -0.3 is 49.4 Å². The molecule has 0 saturated carbocycles. The maximum absolute atomic E-state index is 13.9. The largest absolute Gasteiger partial charge is 0.460 e. The molecule has 0 bridgehead atoms. The minimum absolute atomic E-state index is 0. The third-order valence-corrected chi connectivity index (χ3v) is 10.2. The van der Waals surface area contributed by atoms with E-state index in [1.165, 1.54) is 27.7 Å². The summed E-state index contributed by atoms with van der Waals surface area (Å²) in [6, 6.07) is 0. The van der Waals surface area contributed by atoms with Crippen molar-refractivity contribution in [3.05, 3.63) is 45.0 Å². The summed E-state index contributed by atoms with van der Waals surface area (Å²) in [6.07, 6.45) is -4.80. The summed E-state index contributed by atoms with van der Waals surface area (Å²) in [4.78, 5) is 99.2. The average molecular weight is 1000 g/mol. The van der Waals surface area contributed by atoms with Gasteiger partial charge in [-0.05, 0) is 27.7 Å². The van der Waals surface area contributed by atoms with Gasteiger partial charge in [0.2, 0.25) is 11.2 Å². The molecule has 2 aromatic rings. The van der Waals surface area contributed by atoms with Crippen molar-refractivity contribution in [2.75, 3.05) is 24.7 Å². The number of rotatable bonds is 12. The highest BCUT2D eigenvalue weighted by Gasteiger charge is 2.49. The fraction of sp³-hybridized carbons (Fsp3) is 0.600. The molecule has 4 N–H and O–H groups in total. The van der Waals surface area contributed by atoms with E-state index in [0.717, 1.165) is 49.2 Å². The number of hydrogen-bond acceptors (Lipinski definition) is 20. The van der Waals surface area contributed by atoms with E-state index in [1.807, 2.05) is 0 Å². The summed E-state index contributed by atoms with van der Waals surface area (Å²) in [6.45, 7) is 9.25. The molecule has 2 aliphatic rings. The summed E-state index contributed by atoms with van der Waals surface area (Å²) in [5.74, 6) is -7.46. The predicted octanol–water partition coefficient (Wildman–Crippen LogP) is 1.52. The maximum Gasteiger partial charge on any atom is 0.351 e. The second-order valence-corrected chi connectivity index (χ2v) is 16.0. The third kappa shape index (κ3) is 13.5. The lowest BCUT2D eigenvalue weighted by Crippen LogP contribution is -2.41. The van der Waals surface area contributed by atoms with Crippen LogP contribution in [0.1, 0.15) is 75.3 Å². The first kappa shape index (κ1) is 52.1. The van der Waals surface area contributed by atoms with Crippen molar-refractivity contribution in [1.82, 2.24) is 19.1 Å². The van der Waals surface area contributed by atoms with Crippen molar-refractivity contribution in [1.29, 1.82) is 0 Å². The third-order valence-electron chi connectivity index (χ3n) is 8.09. The van der Waals surface area contributed by atoms with Gasteiger partial charge in [0.25, 0.3) is 0 Å². The first-order chi connectivity index (χ1) is 27.7. The number of halogens is 4. The number of esters is 6. The Bertz CT molecular complexity index is 2100. The molecule has 8 atom stereocenters. The first-order valence-corrected chi connectivity index (χ1v) is 19.2. The predicted molar refractivity (Wildman–Crippen MR) is 210 cm³/mol. The van der Waals surface area contributed by atoms with Crippen LogP contribution in [0.3, 0.4) is 0 Å². The Hall–Kier alpha value is -5.08. The van der Waals surface area contributed by atoms with E-state index < -0.39 is 135 Å². The van der Waals surface area contributed by atoms with Gasteiger partial charge in [-0.1, -0.05) is 39.3 Å². The second kappa shape index (κ2) is 21.1. The van der Waals surface area contributed by atoms with Crippen molar-refractivity contribution in [3.8, 4) is 0 Å². The quantitative estimate of drug-likeness (QED) is 0.173. The highest BCUT2D eigenvalue weighted by Crippen LogP contribution is 2.38. The minimum Gasteiger partial charge on any atom is -0.460 e. The van der Waals surface area contributed by atoms with Gasteiger partial charge in [-0.2, -0.15) is 9.97 Å². The molecule has 2 aliphatic heterocycles. The lowest BCUT2D eigenvalue weighted by molar-refractivity contribution is -0.181. The van der Waals surface area contributed by atoms with Gasteiger partial charge in [0, 0.05) is 27.7 Å². The Labute approximate surface area is 363 Å². The lowest BCUT2D eigenvalue weighted by atomic mass is 10.1. The summed E-state index contributed by atoms with van der Waals surface area (Å²) in [5.41, 5.74) is 5.65. The highest BCUT2D eigenvalue weighted by atomic mass is 79.9. The summed E-state index contributed by atoms with van der Waals surface area (Å²) >= 11 is 6.58. The van der Waals surface area contributed by atoms with E-state index in [4.69, 9.17) is 49.4 Å². The molecule has 0 amide bonds. The summed E-state index contributed by atoms with van der Waals surface area (Å²) in [5, 5.41) is 0. The molecule has 4 rings (SSSR count). The van der Waals surface area contributed by atoms with Crippen molar-refractivity contribution < 1.29 is 75.4 Å². The number of ether oxygens (including phenoxy) is 8. The van der Waals surface area contributed by atoms with E-state index in [-0.39, 0.29) is 14.0 Å². The highest BCUT2D eigenvalue weighted by molar-refractivity contribution is 9.09. The molecular weight excluding hydrogens is 958 g/mol. The monoisotopic (exact) mass is 1000 g/mol. The first-order valence-electron chi connectivity index (χ1n) is 17.4. The molecule has 61 heavy (non-hydrogen) atoms. The maximum atomic E-state index is 13.9. The molecule has 0 radical (unpaired) electrons. The van der Waals surface area contributed by atoms with E-state index in [1.54, 1.807) is 0 Å². The van der Waals surface area contributed by atoms with Crippen LogP contribution in [0.4, 0.5) is 20.4 Å². The Morgan fingerprint density at radius 3 is 1.46 bits per heavy atom. The van der Waals surface area contributed by atoms with Crippen LogP contribution in [0.2, 0.25) is 0 Å². The Morgan fingerprint density at radius 1 is 0.672 bits per heavy atom. The molecule has 2 saturated heterocycles. The molecule has 4 heterocycles. The minimum atomic E-state index is -1.56. The molecule has 2 fully saturated rings. The van der Waals surface area contributed by atoms with Crippen LogP contribution in [0.15, 0.2) is 22.0 Å². The van der Waals surface area contributed by atoms with Crippen LogP contribution in [0, 0.1) is 11.6 Å². The number of hydrogen-bond donors (Lipinski definition) is 2. The van der Waals surface area contributed by atoms with Gasteiger partial charge in [-0.25, -0.2) is 28.0 Å². The zero-order valence-electron chi connectivity index (χ0n) is 33.2. The van der Waals surface area contributed by atoms with Gasteiger partial charge in [-0.15, -0.1) is 0 Å². The topological polar surface area (TPSA) is 298 Å². The van der Waals surface area contributed by atoms with Gasteiger partial charge >= 0.3 is 47.2 Å². The van der Waals surface area contributed by atoms with Crippen LogP contribution in [-0.2, 0) is 66.7 Å². The van der Waals surface area contributed by atoms with Crippen LogP contribution in [0.5, 0.6) is 0 Å². The van der Waals surface area contributed by atoms with Crippen molar-refractivity contribution in [3.63, 3.8) is 0 Å². The molecule has 22 nitrogen and oxygen atoms in total. The van der Waals surface area contributed by atoms with Crippen LogP contribution < -0.4 is 22.8 Å². The van der Waals surface area contributed by atoms with Crippen LogP contribution >= 0.6 is 31.9 Å². The Balaban J connectivity index is 0.000000413. The number of carbonyl (C=O) groups is 6. The van der Waals surface area contributed by atoms with Crippen molar-refractivity contribution in [2.45, 2.75) is 121 Å². The number of carbonyl (C=O) groups excluding carboxylic acids is 6. The molecule has 0 aliphatic carbocycles. The number of nitrogen functional groups attached to an aromatic ring is 2. The van der Waals surface area contributed by atoms with Gasteiger partial charge in [0.15, 0.2) is 41.8 Å². The Kier molecular flexibility index (Phi) is 18.0. The van der Waals surface area contributed by atoms with E-state index >= 15 is 0 Å². The van der Waals surface area contributed by atoms with Crippen LogP contribution in [0.25, 0.3) is 0 Å².